The number of nitrogens with zero attached hydrogens (tertiary/aromatic N) is 1. The summed E-state index contributed by atoms with van der Waals surface area (Å²) >= 11 is 0. The van der Waals surface area contributed by atoms with Crippen LogP contribution in [0.3, 0.4) is 0 Å². The van der Waals surface area contributed by atoms with Crippen LogP contribution in [0.5, 0.6) is 0 Å². The topological polar surface area (TPSA) is 57.6 Å². The van der Waals surface area contributed by atoms with Gasteiger partial charge in [0.2, 0.25) is 10.0 Å². The molecule has 17 heavy (non-hydrogen) atoms. The van der Waals surface area contributed by atoms with E-state index in [0.717, 1.165) is 5.56 Å². The molecule has 0 saturated carbocycles. The summed E-state index contributed by atoms with van der Waals surface area (Å²) in [5.74, 6) is 5.53. The van der Waals surface area contributed by atoms with Crippen molar-refractivity contribution in [2.45, 2.75) is 6.42 Å². The Morgan fingerprint density at radius 1 is 1.29 bits per heavy atom. The fraction of sp³-hybridized carbons (Fsp3) is 0.333. The van der Waals surface area contributed by atoms with E-state index < -0.39 is 10.0 Å². The zero-order valence-corrected chi connectivity index (χ0v) is 10.1. The lowest BCUT2D eigenvalue weighted by Gasteiger charge is -2.16. The summed E-state index contributed by atoms with van der Waals surface area (Å²) in [4.78, 5) is 0. The summed E-state index contributed by atoms with van der Waals surface area (Å²) in [6.07, 6.45) is 0.675. The third kappa shape index (κ3) is 2.60. The highest BCUT2D eigenvalue weighted by Gasteiger charge is 2.28. The van der Waals surface area contributed by atoms with Crippen LogP contribution in [-0.4, -0.2) is 32.4 Å². The second-order valence-electron chi connectivity index (χ2n) is 3.75. The van der Waals surface area contributed by atoms with Gasteiger partial charge < -0.3 is 5.11 Å². The van der Waals surface area contributed by atoms with Gasteiger partial charge in [0.25, 0.3) is 0 Å². The van der Waals surface area contributed by atoms with Crippen molar-refractivity contribution in [1.29, 1.82) is 0 Å². The van der Waals surface area contributed by atoms with Gasteiger partial charge in [-0.3, -0.25) is 4.31 Å². The first-order valence-corrected chi connectivity index (χ1v) is 6.94. The first-order chi connectivity index (χ1) is 8.13. The van der Waals surface area contributed by atoms with Gasteiger partial charge in [-0.1, -0.05) is 11.8 Å². The smallest absolute Gasteiger partial charge is 0.235 e. The van der Waals surface area contributed by atoms with Crippen LogP contribution in [0, 0.1) is 11.8 Å². The van der Waals surface area contributed by atoms with E-state index in [0.29, 0.717) is 18.7 Å². The number of hydrogen-bond donors (Lipinski definition) is 1. The summed E-state index contributed by atoms with van der Waals surface area (Å²) < 4.78 is 24.8. The summed E-state index contributed by atoms with van der Waals surface area (Å²) in [6.45, 7) is 0.367. The van der Waals surface area contributed by atoms with Gasteiger partial charge in [0.15, 0.2) is 0 Å². The number of hydrogen-bond acceptors (Lipinski definition) is 3. The molecule has 2 rings (SSSR count). The first-order valence-electron chi connectivity index (χ1n) is 5.34. The Morgan fingerprint density at radius 2 is 2.00 bits per heavy atom. The molecular weight excluding hydrogens is 238 g/mol. The maximum absolute atomic E-state index is 11.7. The highest BCUT2D eigenvalue weighted by molar-refractivity contribution is 7.93. The van der Waals surface area contributed by atoms with Crippen LogP contribution in [0.2, 0.25) is 0 Å². The normalized spacial score (nSPS) is 17.6. The lowest BCUT2D eigenvalue weighted by Crippen LogP contribution is -2.24. The zero-order chi connectivity index (χ0) is 12.3. The third-order valence-electron chi connectivity index (χ3n) is 2.57. The molecule has 1 N–H and O–H groups in total. The number of aliphatic hydroxyl groups is 1. The highest BCUT2D eigenvalue weighted by atomic mass is 32.2. The minimum absolute atomic E-state index is 0.178. The van der Waals surface area contributed by atoms with E-state index >= 15 is 0 Å². The van der Waals surface area contributed by atoms with Crippen molar-refractivity contribution in [3.63, 3.8) is 0 Å². The maximum atomic E-state index is 11.7. The summed E-state index contributed by atoms with van der Waals surface area (Å²) in [7, 11) is -3.11. The molecule has 0 amide bonds. The summed E-state index contributed by atoms with van der Waals surface area (Å²) in [6, 6.07) is 6.99. The molecule has 1 saturated heterocycles. The van der Waals surface area contributed by atoms with E-state index in [1.165, 1.54) is 4.31 Å². The van der Waals surface area contributed by atoms with Crippen LogP contribution in [0.4, 0.5) is 5.69 Å². The molecule has 1 aromatic rings. The van der Waals surface area contributed by atoms with Crippen LogP contribution >= 0.6 is 0 Å². The molecule has 1 heterocycles. The van der Waals surface area contributed by atoms with Gasteiger partial charge in [-0.25, -0.2) is 8.42 Å². The lowest BCUT2D eigenvalue weighted by atomic mass is 10.2. The molecule has 0 spiro atoms. The quantitative estimate of drug-likeness (QED) is 0.742. The van der Waals surface area contributed by atoms with Crippen molar-refractivity contribution in [1.82, 2.24) is 0 Å². The van der Waals surface area contributed by atoms with Gasteiger partial charge in [-0.15, -0.1) is 0 Å². The Hall–Kier alpha value is -1.51. The van der Waals surface area contributed by atoms with E-state index in [1.807, 2.05) is 0 Å². The average molecular weight is 251 g/mol. The number of benzene rings is 1. The molecule has 0 aliphatic carbocycles. The molecular formula is C12H13NO3S. The average Bonchev–Trinajstić information content (AvgIpc) is 2.67. The SMILES string of the molecule is O=S1(=O)CCCN1c1ccc(C#CCO)cc1. The van der Waals surface area contributed by atoms with Crippen LogP contribution in [-0.2, 0) is 10.0 Å². The highest BCUT2D eigenvalue weighted by Crippen LogP contribution is 2.23. The monoisotopic (exact) mass is 251 g/mol. The molecule has 90 valence electrons. The minimum atomic E-state index is -3.11. The molecule has 1 aromatic carbocycles. The largest absolute Gasteiger partial charge is 0.384 e. The van der Waals surface area contributed by atoms with Crippen molar-refractivity contribution < 1.29 is 13.5 Å². The number of rotatable bonds is 1. The van der Waals surface area contributed by atoms with Gasteiger partial charge in [-0.2, -0.15) is 0 Å². The Kier molecular flexibility index (Phi) is 3.36. The third-order valence-corrected chi connectivity index (χ3v) is 4.44. The first kappa shape index (κ1) is 12.0. The number of sulfonamides is 1. The van der Waals surface area contributed by atoms with Gasteiger partial charge in [-0.05, 0) is 30.7 Å². The Morgan fingerprint density at radius 3 is 2.53 bits per heavy atom. The van der Waals surface area contributed by atoms with E-state index in [-0.39, 0.29) is 12.4 Å². The number of anilines is 1. The fourth-order valence-electron chi connectivity index (χ4n) is 1.78. The zero-order valence-electron chi connectivity index (χ0n) is 9.26. The number of aliphatic hydroxyl groups excluding tert-OH is 1. The molecule has 5 heteroatoms. The van der Waals surface area contributed by atoms with Crippen molar-refractivity contribution in [3.05, 3.63) is 29.8 Å². The van der Waals surface area contributed by atoms with Crippen molar-refractivity contribution >= 4 is 15.7 Å². The second kappa shape index (κ2) is 4.78. The van der Waals surface area contributed by atoms with Crippen LogP contribution in [0.1, 0.15) is 12.0 Å². The molecule has 1 aliphatic heterocycles. The Balaban J connectivity index is 2.24. The van der Waals surface area contributed by atoms with Crippen molar-refractivity contribution in [3.8, 4) is 11.8 Å². The van der Waals surface area contributed by atoms with E-state index in [9.17, 15) is 8.42 Å². The predicted molar refractivity (Wildman–Crippen MR) is 66.2 cm³/mol. The maximum Gasteiger partial charge on any atom is 0.235 e. The molecule has 0 bridgehead atoms. The molecule has 1 aliphatic rings. The van der Waals surface area contributed by atoms with Gasteiger partial charge in [0.05, 0.1) is 11.4 Å². The van der Waals surface area contributed by atoms with Crippen LogP contribution in [0.25, 0.3) is 0 Å². The van der Waals surface area contributed by atoms with Gasteiger partial charge >= 0.3 is 0 Å². The Bertz CT molecular complexity index is 552. The van der Waals surface area contributed by atoms with Crippen LogP contribution in [0.15, 0.2) is 24.3 Å². The van der Waals surface area contributed by atoms with Gasteiger partial charge in [0.1, 0.15) is 6.61 Å². The molecule has 0 aromatic heterocycles. The molecule has 4 nitrogen and oxygen atoms in total. The van der Waals surface area contributed by atoms with E-state index in [4.69, 9.17) is 5.11 Å². The van der Waals surface area contributed by atoms with Crippen LogP contribution < -0.4 is 4.31 Å². The molecule has 0 radical (unpaired) electrons. The van der Waals surface area contributed by atoms with Crippen molar-refractivity contribution in [2.24, 2.45) is 0 Å². The van der Waals surface area contributed by atoms with Crippen molar-refractivity contribution in [2.75, 3.05) is 23.2 Å². The Labute approximate surface area is 101 Å². The second-order valence-corrected chi connectivity index (χ2v) is 5.76. The molecule has 0 unspecified atom stereocenters. The van der Waals surface area contributed by atoms with E-state index in [1.54, 1.807) is 24.3 Å². The molecule has 1 fully saturated rings. The standard InChI is InChI=1S/C12H13NO3S/c14-9-1-3-11-4-6-12(7-5-11)13-8-2-10-17(13,15)16/h4-7,14H,2,8-10H2. The summed E-state index contributed by atoms with van der Waals surface area (Å²) in [5, 5.41) is 8.56. The predicted octanol–water partition coefficient (Wildman–Crippen LogP) is 0.570. The van der Waals surface area contributed by atoms with Gasteiger partial charge in [0, 0.05) is 12.1 Å². The lowest BCUT2D eigenvalue weighted by molar-refractivity contribution is 0.350. The minimum Gasteiger partial charge on any atom is -0.384 e. The molecule has 0 atom stereocenters. The van der Waals surface area contributed by atoms with E-state index in [2.05, 4.69) is 11.8 Å². The summed E-state index contributed by atoms with van der Waals surface area (Å²) in [5.41, 5.74) is 1.44. The fourth-order valence-corrected chi connectivity index (χ4v) is 3.35.